The normalized spacial score (nSPS) is 16.7. The maximum atomic E-state index is 13.1. The standard InChI is InChI=1S/C23H26N4O6S/c1-15-6-4-7-16(12-15)24-23-26(10-5-11-32-2)22(29)20(34-23)14-21(28)25-18-9-8-17(33-3)13-19(18)27(30)31/h4,6-9,12-13,20H,5,10-11,14H2,1-3H3,(H,25,28). The van der Waals surface area contributed by atoms with Gasteiger partial charge in [0.1, 0.15) is 16.7 Å². The van der Waals surface area contributed by atoms with Crippen LogP contribution in [0.5, 0.6) is 5.75 Å². The number of aliphatic imine (C=N–C) groups is 1. The fourth-order valence-electron chi connectivity index (χ4n) is 3.37. The van der Waals surface area contributed by atoms with E-state index in [1.165, 1.54) is 37.1 Å². The van der Waals surface area contributed by atoms with Crippen molar-refractivity contribution in [3.05, 3.63) is 58.1 Å². The third kappa shape index (κ3) is 6.33. The van der Waals surface area contributed by atoms with Gasteiger partial charge in [0.15, 0.2) is 5.17 Å². The summed E-state index contributed by atoms with van der Waals surface area (Å²) in [5.74, 6) is -0.436. The zero-order chi connectivity index (χ0) is 24.7. The quantitative estimate of drug-likeness (QED) is 0.307. The lowest BCUT2D eigenvalue weighted by molar-refractivity contribution is -0.384. The van der Waals surface area contributed by atoms with Crippen LogP contribution in [0.25, 0.3) is 0 Å². The first-order valence-electron chi connectivity index (χ1n) is 10.6. The number of nitro benzene ring substituents is 1. The van der Waals surface area contributed by atoms with Gasteiger partial charge in [-0.3, -0.25) is 24.6 Å². The molecule has 0 aliphatic carbocycles. The molecule has 0 aromatic heterocycles. The Morgan fingerprint density at radius 3 is 2.74 bits per heavy atom. The summed E-state index contributed by atoms with van der Waals surface area (Å²) in [6.07, 6.45) is 0.465. The van der Waals surface area contributed by atoms with Gasteiger partial charge < -0.3 is 14.8 Å². The number of nitrogens with one attached hydrogen (secondary N) is 1. The second kappa shape index (κ2) is 11.6. The second-order valence-corrected chi connectivity index (χ2v) is 8.74. The highest BCUT2D eigenvalue weighted by Gasteiger charge is 2.39. The summed E-state index contributed by atoms with van der Waals surface area (Å²) in [4.78, 5) is 42.8. The number of hydrogen-bond donors (Lipinski definition) is 1. The topological polar surface area (TPSA) is 123 Å². The number of amides is 2. The van der Waals surface area contributed by atoms with Gasteiger partial charge in [0.05, 0.1) is 23.8 Å². The molecule has 1 fully saturated rings. The van der Waals surface area contributed by atoms with E-state index in [1.54, 1.807) is 12.0 Å². The molecule has 2 aromatic rings. The highest BCUT2D eigenvalue weighted by Crippen LogP contribution is 2.33. The highest BCUT2D eigenvalue weighted by molar-refractivity contribution is 8.15. The Labute approximate surface area is 201 Å². The van der Waals surface area contributed by atoms with Crippen LogP contribution in [-0.4, -0.2) is 59.4 Å². The SMILES string of the molecule is COCCCN1C(=O)C(CC(=O)Nc2ccc(OC)cc2[N+](=O)[O-])SC1=Nc1cccc(C)c1. The summed E-state index contributed by atoms with van der Waals surface area (Å²) < 4.78 is 10.1. The Bertz CT molecular complexity index is 1110. The fourth-order valence-corrected chi connectivity index (χ4v) is 4.55. The van der Waals surface area contributed by atoms with Crippen molar-refractivity contribution in [2.24, 2.45) is 4.99 Å². The van der Waals surface area contributed by atoms with Crippen LogP contribution in [0, 0.1) is 17.0 Å². The third-order valence-electron chi connectivity index (χ3n) is 5.02. The monoisotopic (exact) mass is 486 g/mol. The number of ether oxygens (including phenoxy) is 2. The molecule has 0 bridgehead atoms. The lowest BCUT2D eigenvalue weighted by Crippen LogP contribution is -2.34. The minimum atomic E-state index is -0.691. The smallest absolute Gasteiger partial charge is 0.296 e. The molecule has 0 saturated carbocycles. The van der Waals surface area contributed by atoms with Crippen molar-refractivity contribution in [2.75, 3.05) is 32.7 Å². The van der Waals surface area contributed by atoms with Gasteiger partial charge in [0, 0.05) is 26.7 Å². The molecule has 0 radical (unpaired) electrons. The van der Waals surface area contributed by atoms with E-state index in [9.17, 15) is 19.7 Å². The number of nitro groups is 1. The van der Waals surface area contributed by atoms with Gasteiger partial charge in [0.2, 0.25) is 11.8 Å². The molecule has 10 nitrogen and oxygen atoms in total. The molecule has 11 heteroatoms. The Balaban J connectivity index is 1.77. The van der Waals surface area contributed by atoms with Gasteiger partial charge in [-0.15, -0.1) is 0 Å². The van der Waals surface area contributed by atoms with Crippen LogP contribution in [0.4, 0.5) is 17.1 Å². The number of nitrogens with zero attached hydrogens (tertiary/aromatic N) is 3. The van der Waals surface area contributed by atoms with Crippen LogP contribution in [0.1, 0.15) is 18.4 Å². The Morgan fingerprint density at radius 1 is 1.26 bits per heavy atom. The van der Waals surface area contributed by atoms with E-state index in [2.05, 4.69) is 10.3 Å². The maximum Gasteiger partial charge on any atom is 0.296 e. The van der Waals surface area contributed by atoms with Crippen molar-refractivity contribution in [3.63, 3.8) is 0 Å². The fraction of sp³-hybridized carbons (Fsp3) is 0.348. The molecule has 34 heavy (non-hydrogen) atoms. The molecule has 1 aliphatic heterocycles. The number of rotatable bonds is 10. The molecular formula is C23H26N4O6S. The molecule has 1 N–H and O–H groups in total. The number of amidine groups is 1. The van der Waals surface area contributed by atoms with Crippen LogP contribution in [0.2, 0.25) is 0 Å². The number of benzene rings is 2. The zero-order valence-electron chi connectivity index (χ0n) is 19.1. The van der Waals surface area contributed by atoms with Gasteiger partial charge in [-0.1, -0.05) is 23.9 Å². The number of carbonyl (C=O) groups excluding carboxylic acids is 2. The molecule has 1 atom stereocenters. The predicted molar refractivity (Wildman–Crippen MR) is 131 cm³/mol. The van der Waals surface area contributed by atoms with Gasteiger partial charge >= 0.3 is 0 Å². The Morgan fingerprint density at radius 2 is 2.06 bits per heavy atom. The second-order valence-electron chi connectivity index (χ2n) is 7.57. The first-order chi connectivity index (χ1) is 16.3. The number of carbonyl (C=O) groups is 2. The molecule has 1 unspecified atom stereocenters. The van der Waals surface area contributed by atoms with Crippen LogP contribution in [0.3, 0.4) is 0 Å². The van der Waals surface area contributed by atoms with Crippen molar-refractivity contribution in [2.45, 2.75) is 25.0 Å². The first kappa shape index (κ1) is 25.2. The first-order valence-corrected chi connectivity index (χ1v) is 11.4. The van der Waals surface area contributed by atoms with Crippen LogP contribution in [-0.2, 0) is 14.3 Å². The van der Waals surface area contributed by atoms with E-state index in [0.29, 0.717) is 36.2 Å². The molecule has 1 aliphatic rings. The summed E-state index contributed by atoms with van der Waals surface area (Å²) in [5, 5.41) is 13.8. The van der Waals surface area contributed by atoms with Crippen molar-refractivity contribution in [3.8, 4) is 5.75 Å². The van der Waals surface area contributed by atoms with E-state index in [4.69, 9.17) is 9.47 Å². The average molecular weight is 487 g/mol. The van der Waals surface area contributed by atoms with Gasteiger partial charge in [-0.05, 0) is 43.2 Å². The highest BCUT2D eigenvalue weighted by atomic mass is 32.2. The minimum absolute atomic E-state index is 0.0387. The Kier molecular flexibility index (Phi) is 8.61. The van der Waals surface area contributed by atoms with Gasteiger partial charge in [-0.25, -0.2) is 4.99 Å². The van der Waals surface area contributed by atoms with E-state index in [-0.39, 0.29) is 23.7 Å². The van der Waals surface area contributed by atoms with E-state index in [1.807, 2.05) is 31.2 Å². The zero-order valence-corrected chi connectivity index (χ0v) is 20.0. The van der Waals surface area contributed by atoms with Crippen LogP contribution < -0.4 is 10.1 Å². The summed E-state index contributed by atoms with van der Waals surface area (Å²) in [5.41, 5.74) is 1.50. The van der Waals surface area contributed by atoms with Crippen LogP contribution >= 0.6 is 11.8 Å². The van der Waals surface area contributed by atoms with Crippen molar-refractivity contribution in [1.29, 1.82) is 0 Å². The maximum absolute atomic E-state index is 13.1. The Hall–Kier alpha value is -3.44. The van der Waals surface area contributed by atoms with Gasteiger partial charge in [0.25, 0.3) is 5.69 Å². The number of hydrogen-bond acceptors (Lipinski definition) is 8. The number of anilines is 1. The number of thioether (sulfide) groups is 1. The lowest BCUT2D eigenvalue weighted by Gasteiger charge is -2.16. The molecule has 3 rings (SSSR count). The van der Waals surface area contributed by atoms with Gasteiger partial charge in [-0.2, -0.15) is 0 Å². The average Bonchev–Trinajstić information content (AvgIpc) is 3.08. The molecule has 2 amide bonds. The van der Waals surface area contributed by atoms with E-state index < -0.39 is 16.1 Å². The predicted octanol–water partition coefficient (Wildman–Crippen LogP) is 3.91. The summed E-state index contributed by atoms with van der Waals surface area (Å²) >= 11 is 1.21. The lowest BCUT2D eigenvalue weighted by atomic mass is 10.2. The molecular weight excluding hydrogens is 460 g/mol. The molecule has 1 heterocycles. The number of methoxy groups -OCH3 is 2. The largest absolute Gasteiger partial charge is 0.496 e. The van der Waals surface area contributed by atoms with E-state index >= 15 is 0 Å². The molecule has 2 aromatic carbocycles. The number of aryl methyl sites for hydroxylation is 1. The third-order valence-corrected chi connectivity index (χ3v) is 6.20. The minimum Gasteiger partial charge on any atom is -0.496 e. The molecule has 1 saturated heterocycles. The molecule has 180 valence electrons. The van der Waals surface area contributed by atoms with Crippen molar-refractivity contribution < 1.29 is 24.0 Å². The molecule has 0 spiro atoms. The van der Waals surface area contributed by atoms with Crippen LogP contribution in [0.15, 0.2) is 47.5 Å². The van der Waals surface area contributed by atoms with Crippen molar-refractivity contribution >= 4 is 45.8 Å². The summed E-state index contributed by atoms with van der Waals surface area (Å²) in [6, 6.07) is 11.8. The van der Waals surface area contributed by atoms with Crippen molar-refractivity contribution in [1.82, 2.24) is 4.90 Å². The summed E-state index contributed by atoms with van der Waals surface area (Å²) in [6.45, 7) is 2.85. The summed E-state index contributed by atoms with van der Waals surface area (Å²) in [7, 11) is 2.99. The van der Waals surface area contributed by atoms with E-state index in [0.717, 1.165) is 5.56 Å².